The minimum Gasteiger partial charge on any atom is -0.477 e. The molecule has 13 heteroatoms. The van der Waals surface area contributed by atoms with Crippen LogP contribution in [0.1, 0.15) is 16.2 Å². The van der Waals surface area contributed by atoms with Gasteiger partial charge in [-0.1, -0.05) is 0 Å². The van der Waals surface area contributed by atoms with E-state index in [2.05, 4.69) is 10.4 Å². The third kappa shape index (κ3) is 4.01. The summed E-state index contributed by atoms with van der Waals surface area (Å²) >= 11 is 0. The number of aromatic carboxylic acids is 1. The largest absolute Gasteiger partial charge is 0.477 e. The molecule has 2 N–H and O–H groups in total. The maximum Gasteiger partial charge on any atom is 0.387 e. The molecular formula is C20H20F3N5O5. The number of carboxylic acid groups (broad SMARTS) is 1. The first kappa shape index (κ1) is 22.3. The number of rotatable bonds is 6. The molecule has 3 aromatic rings. The number of anilines is 2. The number of nitrogens with one attached hydrogen (secondary N) is 1. The average molecular weight is 467 g/mol. The monoisotopic (exact) mass is 467 g/mol. The molecule has 0 atom stereocenters. The number of halogens is 3. The molecule has 4 rings (SSSR count). The number of aromatic nitrogens is 2. The summed E-state index contributed by atoms with van der Waals surface area (Å²) in [6, 6.07) is 0.846. The van der Waals surface area contributed by atoms with Gasteiger partial charge in [0.05, 0.1) is 5.39 Å². The summed E-state index contributed by atoms with van der Waals surface area (Å²) in [6.07, 6.45) is 2.44. The first-order chi connectivity index (χ1) is 15.7. The molecule has 0 unspecified atom stereocenters. The lowest BCUT2D eigenvalue weighted by atomic mass is 10.1. The standard InChI is InChI=1S/C20H20F3N5O5/c1-10-25-14(9-32-10)26-3-5-27(6-4-26)16-13(21)7-11-15(18(16)33-20(22)23)28(24-2)8-12(17(11)29)19(30)31/h7-9,20,24H,3-6H2,1-2H3,(H,30,31). The van der Waals surface area contributed by atoms with E-state index in [0.717, 1.165) is 16.9 Å². The van der Waals surface area contributed by atoms with Crippen molar-refractivity contribution >= 4 is 28.4 Å². The van der Waals surface area contributed by atoms with Crippen molar-refractivity contribution in [3.63, 3.8) is 0 Å². The van der Waals surface area contributed by atoms with Gasteiger partial charge in [-0.3, -0.25) is 9.47 Å². The van der Waals surface area contributed by atoms with E-state index in [-0.39, 0.29) is 24.3 Å². The molecule has 0 aliphatic carbocycles. The molecule has 10 nitrogen and oxygen atoms in total. The summed E-state index contributed by atoms with van der Waals surface area (Å²) in [7, 11) is 1.39. The van der Waals surface area contributed by atoms with Crippen LogP contribution in [-0.4, -0.2) is 60.6 Å². The first-order valence-electron chi connectivity index (χ1n) is 9.91. The second-order valence-corrected chi connectivity index (χ2v) is 7.28. The van der Waals surface area contributed by atoms with Gasteiger partial charge in [0.1, 0.15) is 23.0 Å². The predicted molar refractivity (Wildman–Crippen MR) is 113 cm³/mol. The molecule has 1 aliphatic rings. The molecule has 1 aliphatic heterocycles. The average Bonchev–Trinajstić information content (AvgIpc) is 3.20. The number of piperazine rings is 1. The zero-order chi connectivity index (χ0) is 23.9. The topological polar surface area (TPSA) is 113 Å². The predicted octanol–water partition coefficient (Wildman–Crippen LogP) is 2.24. The molecule has 1 aromatic carbocycles. The fourth-order valence-electron chi connectivity index (χ4n) is 3.90. The Balaban J connectivity index is 1.83. The molecule has 1 fully saturated rings. The van der Waals surface area contributed by atoms with Crippen LogP contribution < -0.4 is 25.4 Å². The third-order valence-corrected chi connectivity index (χ3v) is 5.38. The van der Waals surface area contributed by atoms with E-state index in [1.54, 1.807) is 6.92 Å². The molecule has 0 spiro atoms. The number of aryl methyl sites for hydroxylation is 1. The number of alkyl halides is 2. The normalized spacial score (nSPS) is 14.2. The van der Waals surface area contributed by atoms with Gasteiger partial charge in [-0.15, -0.1) is 0 Å². The number of carboxylic acids is 1. The second kappa shape index (κ2) is 8.56. The van der Waals surface area contributed by atoms with Crippen LogP contribution in [0.4, 0.5) is 24.7 Å². The number of ether oxygens (including phenoxy) is 1. The number of hydrogen-bond acceptors (Lipinski definition) is 8. The van der Waals surface area contributed by atoms with Crippen LogP contribution in [0.15, 0.2) is 27.7 Å². The fourth-order valence-corrected chi connectivity index (χ4v) is 3.90. The fraction of sp³-hybridized carbons (Fsp3) is 0.350. The van der Waals surface area contributed by atoms with Crippen LogP contribution >= 0.6 is 0 Å². The van der Waals surface area contributed by atoms with Crippen molar-refractivity contribution in [3.05, 3.63) is 46.0 Å². The number of fused-ring (bicyclic) bond motifs is 1. The summed E-state index contributed by atoms with van der Waals surface area (Å²) in [5.74, 6) is -1.97. The van der Waals surface area contributed by atoms with Crippen LogP contribution in [0.3, 0.4) is 0 Å². The van der Waals surface area contributed by atoms with Crippen LogP contribution in [0.25, 0.3) is 10.9 Å². The molecule has 1 saturated heterocycles. The Bertz CT molecular complexity index is 1270. The lowest BCUT2D eigenvalue weighted by Crippen LogP contribution is -2.47. The minimum absolute atomic E-state index is 0.196. The highest BCUT2D eigenvalue weighted by Gasteiger charge is 2.30. The van der Waals surface area contributed by atoms with Gasteiger partial charge < -0.3 is 29.5 Å². The third-order valence-electron chi connectivity index (χ3n) is 5.38. The Labute approximate surface area is 184 Å². The van der Waals surface area contributed by atoms with Crippen LogP contribution in [0.5, 0.6) is 5.75 Å². The van der Waals surface area contributed by atoms with Crippen molar-refractivity contribution < 1.29 is 32.2 Å². The van der Waals surface area contributed by atoms with E-state index >= 15 is 4.39 Å². The highest BCUT2D eigenvalue weighted by Crippen LogP contribution is 2.39. The molecule has 3 heterocycles. The summed E-state index contributed by atoms with van der Waals surface area (Å²) in [6.45, 7) is -0.332. The minimum atomic E-state index is -3.31. The molecule has 0 amide bonds. The van der Waals surface area contributed by atoms with E-state index in [0.29, 0.717) is 24.8 Å². The van der Waals surface area contributed by atoms with E-state index in [1.165, 1.54) is 18.2 Å². The number of nitrogens with zero attached hydrogens (tertiary/aromatic N) is 4. The quantitative estimate of drug-likeness (QED) is 0.564. The van der Waals surface area contributed by atoms with Gasteiger partial charge in [-0.2, -0.15) is 13.8 Å². The Kier molecular flexibility index (Phi) is 5.78. The highest BCUT2D eigenvalue weighted by atomic mass is 19.3. The molecule has 33 heavy (non-hydrogen) atoms. The van der Waals surface area contributed by atoms with Gasteiger partial charge >= 0.3 is 12.6 Å². The summed E-state index contributed by atoms with van der Waals surface area (Å²) in [4.78, 5) is 31.8. The van der Waals surface area contributed by atoms with Crippen molar-refractivity contribution in [1.82, 2.24) is 9.66 Å². The Morgan fingerprint density at radius 3 is 2.48 bits per heavy atom. The number of oxazole rings is 1. The van der Waals surface area contributed by atoms with Crippen LogP contribution in [0.2, 0.25) is 0 Å². The molecule has 176 valence electrons. The van der Waals surface area contributed by atoms with Crippen LogP contribution in [0, 0.1) is 12.7 Å². The summed E-state index contributed by atoms with van der Waals surface area (Å²) in [5.41, 5.74) is 0.504. The molecular weight excluding hydrogens is 447 g/mol. The van der Waals surface area contributed by atoms with E-state index < -0.39 is 40.5 Å². The Morgan fingerprint density at radius 2 is 1.94 bits per heavy atom. The molecule has 0 bridgehead atoms. The molecule has 0 radical (unpaired) electrons. The van der Waals surface area contributed by atoms with E-state index in [9.17, 15) is 23.5 Å². The van der Waals surface area contributed by atoms with Gasteiger partial charge in [0.2, 0.25) is 5.43 Å². The zero-order valence-corrected chi connectivity index (χ0v) is 17.6. The number of carbonyl (C=O) groups is 1. The summed E-state index contributed by atoms with van der Waals surface area (Å²) < 4.78 is 53.0. The lowest BCUT2D eigenvalue weighted by molar-refractivity contribution is -0.0488. The van der Waals surface area contributed by atoms with Gasteiger partial charge in [-0.25, -0.2) is 9.18 Å². The van der Waals surface area contributed by atoms with Gasteiger partial charge in [-0.05, 0) is 6.07 Å². The SMILES string of the molecule is CNn1cc(C(=O)O)c(=O)c2cc(F)c(N3CCN(c4coc(C)n4)CC3)c(OC(F)F)c21. The van der Waals surface area contributed by atoms with Crippen molar-refractivity contribution in [2.45, 2.75) is 13.5 Å². The molecule has 2 aromatic heterocycles. The number of pyridine rings is 1. The lowest BCUT2D eigenvalue weighted by Gasteiger charge is -2.37. The van der Waals surface area contributed by atoms with Gasteiger partial charge in [0.15, 0.2) is 23.3 Å². The Hall–Kier alpha value is -3.90. The maximum absolute atomic E-state index is 15.3. The van der Waals surface area contributed by atoms with Crippen molar-refractivity contribution in [3.8, 4) is 5.75 Å². The Morgan fingerprint density at radius 1 is 1.27 bits per heavy atom. The second-order valence-electron chi connectivity index (χ2n) is 7.28. The number of hydrogen-bond donors (Lipinski definition) is 2. The van der Waals surface area contributed by atoms with E-state index in [4.69, 9.17) is 9.15 Å². The molecule has 0 saturated carbocycles. The van der Waals surface area contributed by atoms with Gasteiger partial charge in [0, 0.05) is 46.3 Å². The highest BCUT2D eigenvalue weighted by molar-refractivity contribution is 5.97. The van der Waals surface area contributed by atoms with Gasteiger partial charge in [0.25, 0.3) is 0 Å². The summed E-state index contributed by atoms with van der Waals surface area (Å²) in [5, 5.41) is 8.89. The first-order valence-corrected chi connectivity index (χ1v) is 9.91. The zero-order valence-electron chi connectivity index (χ0n) is 17.6. The smallest absolute Gasteiger partial charge is 0.387 e. The van der Waals surface area contributed by atoms with Crippen molar-refractivity contribution in [2.75, 3.05) is 48.5 Å². The number of benzene rings is 1. The van der Waals surface area contributed by atoms with Crippen molar-refractivity contribution in [1.29, 1.82) is 0 Å². The van der Waals surface area contributed by atoms with E-state index in [1.807, 2.05) is 4.90 Å². The van der Waals surface area contributed by atoms with Crippen LogP contribution in [-0.2, 0) is 0 Å². The maximum atomic E-state index is 15.3. The van der Waals surface area contributed by atoms with Crippen molar-refractivity contribution in [2.24, 2.45) is 0 Å².